The van der Waals surface area contributed by atoms with Crippen LogP contribution in [0.2, 0.25) is 10.0 Å². The lowest BCUT2D eigenvalue weighted by molar-refractivity contribution is -0.384. The predicted octanol–water partition coefficient (Wildman–Crippen LogP) is 6.26. The third-order valence-electron chi connectivity index (χ3n) is 7.11. The van der Waals surface area contributed by atoms with Crippen molar-refractivity contribution < 1.29 is 22.9 Å². The van der Waals surface area contributed by atoms with E-state index in [4.69, 9.17) is 23.2 Å². The van der Waals surface area contributed by atoms with E-state index in [1.807, 2.05) is 37.3 Å². The molecule has 1 N–H and O–H groups in total. The number of carbonyl (C=O) groups excluding carboxylic acids is 2. The molecule has 4 rings (SSSR count). The number of nitrogens with one attached hydrogen (secondary N) is 1. The molecule has 4 aromatic carbocycles. The molecule has 0 saturated heterocycles. The second kappa shape index (κ2) is 15.7. The molecule has 0 aliphatic rings. The van der Waals surface area contributed by atoms with E-state index in [0.717, 1.165) is 15.9 Å². The van der Waals surface area contributed by atoms with Gasteiger partial charge in [0.2, 0.25) is 11.8 Å². The summed E-state index contributed by atoms with van der Waals surface area (Å²) in [6.07, 6.45) is 0.770. The number of benzene rings is 4. The fourth-order valence-corrected chi connectivity index (χ4v) is 6.66. The molecule has 0 unspecified atom stereocenters. The number of nitro benzene ring substituents is 1. The maximum Gasteiger partial charge on any atom is 0.271 e. The Morgan fingerprint density at radius 1 is 0.913 bits per heavy atom. The highest BCUT2D eigenvalue weighted by Crippen LogP contribution is 2.29. The molecule has 0 aliphatic carbocycles. The molecule has 0 fully saturated rings. The Morgan fingerprint density at radius 2 is 1.59 bits per heavy atom. The van der Waals surface area contributed by atoms with Crippen LogP contribution in [0.4, 0.5) is 11.4 Å². The maximum absolute atomic E-state index is 14.5. The molecule has 4 aromatic rings. The zero-order valence-corrected chi connectivity index (χ0v) is 27.2. The number of hydrogen-bond acceptors (Lipinski definition) is 6. The number of nitrogens with zero attached hydrogens (tertiary/aromatic N) is 3. The SMILES string of the molecule is CCCNC(=O)[C@H](Cc1ccccc1)N(Cc1ccc(Cl)cc1Cl)C(=O)CN(c1cccc([N+](=O)[O-])c1)S(=O)(=O)c1ccccc1. The van der Waals surface area contributed by atoms with Crippen LogP contribution in [-0.2, 0) is 32.6 Å². The fourth-order valence-electron chi connectivity index (χ4n) is 4.76. The van der Waals surface area contributed by atoms with Crippen LogP contribution in [0.15, 0.2) is 108 Å². The first-order valence-corrected chi connectivity index (χ1v) is 16.6. The highest BCUT2D eigenvalue weighted by atomic mass is 35.5. The molecule has 0 heterocycles. The number of sulfonamides is 1. The van der Waals surface area contributed by atoms with Gasteiger partial charge >= 0.3 is 0 Å². The summed E-state index contributed by atoms with van der Waals surface area (Å²) in [6, 6.07) is 25.3. The van der Waals surface area contributed by atoms with Gasteiger partial charge in [-0.3, -0.25) is 24.0 Å². The van der Waals surface area contributed by atoms with Gasteiger partial charge in [-0.05, 0) is 47.9 Å². The molecule has 0 aromatic heterocycles. The van der Waals surface area contributed by atoms with Gasteiger partial charge in [-0.25, -0.2) is 8.42 Å². The molecular weight excluding hydrogens is 651 g/mol. The minimum atomic E-state index is -4.41. The molecule has 0 aliphatic heterocycles. The second-order valence-electron chi connectivity index (χ2n) is 10.4. The highest BCUT2D eigenvalue weighted by Gasteiger charge is 2.35. The largest absolute Gasteiger partial charge is 0.354 e. The van der Waals surface area contributed by atoms with Gasteiger partial charge in [-0.15, -0.1) is 0 Å². The maximum atomic E-state index is 14.5. The summed E-state index contributed by atoms with van der Waals surface area (Å²) in [4.78, 5) is 40.3. The monoisotopic (exact) mass is 682 g/mol. The zero-order chi connectivity index (χ0) is 33.3. The lowest BCUT2D eigenvalue weighted by atomic mass is 10.0. The fraction of sp³-hybridized carbons (Fsp3) is 0.212. The van der Waals surface area contributed by atoms with Crippen molar-refractivity contribution in [1.29, 1.82) is 0 Å². The van der Waals surface area contributed by atoms with Crippen LogP contribution in [0.3, 0.4) is 0 Å². The van der Waals surface area contributed by atoms with Crippen molar-refractivity contribution in [1.82, 2.24) is 10.2 Å². The first kappa shape index (κ1) is 34.4. The average molecular weight is 684 g/mol. The Morgan fingerprint density at radius 3 is 2.22 bits per heavy atom. The highest BCUT2D eigenvalue weighted by molar-refractivity contribution is 7.92. The third kappa shape index (κ3) is 8.63. The van der Waals surface area contributed by atoms with Crippen LogP contribution < -0.4 is 9.62 Å². The van der Waals surface area contributed by atoms with E-state index < -0.39 is 39.3 Å². The molecular formula is C33H32Cl2N4O6S. The number of hydrogen-bond donors (Lipinski definition) is 1. The molecule has 10 nitrogen and oxygen atoms in total. The van der Waals surface area contributed by atoms with Gasteiger partial charge < -0.3 is 10.2 Å². The molecule has 13 heteroatoms. The van der Waals surface area contributed by atoms with E-state index in [1.54, 1.807) is 18.2 Å². The number of non-ortho nitro benzene ring substituents is 1. The van der Waals surface area contributed by atoms with Gasteiger partial charge in [0.05, 0.1) is 15.5 Å². The van der Waals surface area contributed by atoms with Gasteiger partial charge in [-0.1, -0.05) is 90.8 Å². The van der Waals surface area contributed by atoms with Crippen molar-refractivity contribution in [3.8, 4) is 0 Å². The van der Waals surface area contributed by atoms with Crippen LogP contribution in [-0.4, -0.2) is 49.2 Å². The standard InChI is InChI=1S/C33H32Cl2N4O6S/c1-2-18-36-33(41)31(19-24-10-5-3-6-11-24)37(22-25-16-17-26(34)20-30(25)35)32(40)23-38(27-12-9-13-28(21-27)39(42)43)46(44,45)29-14-7-4-8-15-29/h3-17,20-21,31H,2,18-19,22-23H2,1H3,(H,36,41)/t31-/m0/s1. The van der Waals surface area contributed by atoms with E-state index >= 15 is 0 Å². The Kier molecular flexibility index (Phi) is 11.8. The summed E-state index contributed by atoms with van der Waals surface area (Å²) < 4.78 is 28.9. The predicted molar refractivity (Wildman–Crippen MR) is 178 cm³/mol. The first-order valence-electron chi connectivity index (χ1n) is 14.4. The van der Waals surface area contributed by atoms with E-state index in [0.29, 0.717) is 23.6 Å². The van der Waals surface area contributed by atoms with Crippen LogP contribution >= 0.6 is 23.2 Å². The number of halogens is 2. The van der Waals surface area contributed by atoms with Gasteiger partial charge in [0.1, 0.15) is 12.6 Å². The van der Waals surface area contributed by atoms with Gasteiger partial charge in [-0.2, -0.15) is 0 Å². The van der Waals surface area contributed by atoms with Crippen LogP contribution in [0.1, 0.15) is 24.5 Å². The summed E-state index contributed by atoms with van der Waals surface area (Å²) in [5.41, 5.74) is 0.801. The smallest absolute Gasteiger partial charge is 0.271 e. The summed E-state index contributed by atoms with van der Waals surface area (Å²) in [5, 5.41) is 15.1. The minimum absolute atomic E-state index is 0.0917. The number of anilines is 1. The Labute approximate surface area is 277 Å². The van der Waals surface area contributed by atoms with Gasteiger partial charge in [0, 0.05) is 41.7 Å². The van der Waals surface area contributed by atoms with Crippen molar-refractivity contribution in [3.63, 3.8) is 0 Å². The quantitative estimate of drug-likeness (QED) is 0.123. The number of nitro groups is 1. The third-order valence-corrected chi connectivity index (χ3v) is 9.49. The first-order chi connectivity index (χ1) is 22.0. The molecule has 0 radical (unpaired) electrons. The second-order valence-corrected chi connectivity index (χ2v) is 13.1. The number of carbonyl (C=O) groups is 2. The molecule has 0 spiro atoms. The summed E-state index contributed by atoms with van der Waals surface area (Å²) in [7, 11) is -4.41. The van der Waals surface area contributed by atoms with E-state index in [9.17, 15) is 28.1 Å². The molecule has 1 atom stereocenters. The van der Waals surface area contributed by atoms with Crippen LogP contribution in [0.5, 0.6) is 0 Å². The number of amides is 2. The van der Waals surface area contributed by atoms with Crippen molar-refractivity contribution in [2.75, 3.05) is 17.4 Å². The van der Waals surface area contributed by atoms with Crippen molar-refractivity contribution in [3.05, 3.63) is 134 Å². The number of rotatable bonds is 14. The zero-order valence-electron chi connectivity index (χ0n) is 24.9. The summed E-state index contributed by atoms with van der Waals surface area (Å²) >= 11 is 12.6. The summed E-state index contributed by atoms with van der Waals surface area (Å²) in [6.45, 7) is 1.33. The topological polar surface area (TPSA) is 130 Å². The normalized spacial score (nSPS) is 11.8. The molecule has 46 heavy (non-hydrogen) atoms. The molecule has 0 saturated carbocycles. The average Bonchev–Trinajstić information content (AvgIpc) is 3.05. The Bertz CT molecular complexity index is 1790. The lowest BCUT2D eigenvalue weighted by Crippen LogP contribution is -2.53. The lowest BCUT2D eigenvalue weighted by Gasteiger charge is -2.34. The van der Waals surface area contributed by atoms with Crippen LogP contribution in [0.25, 0.3) is 0 Å². The minimum Gasteiger partial charge on any atom is -0.354 e. The Balaban J connectivity index is 1.84. The van der Waals surface area contributed by atoms with Crippen LogP contribution in [0, 0.1) is 10.1 Å². The summed E-state index contributed by atoms with van der Waals surface area (Å²) in [5.74, 6) is -1.17. The van der Waals surface area contributed by atoms with E-state index in [1.165, 1.54) is 53.4 Å². The molecule has 240 valence electrons. The Hall–Kier alpha value is -4.45. The van der Waals surface area contributed by atoms with Crippen molar-refractivity contribution in [2.24, 2.45) is 0 Å². The molecule has 0 bridgehead atoms. The van der Waals surface area contributed by atoms with Crippen molar-refractivity contribution >= 4 is 56.4 Å². The van der Waals surface area contributed by atoms with Crippen molar-refractivity contribution in [2.45, 2.75) is 37.2 Å². The van der Waals surface area contributed by atoms with E-state index in [2.05, 4.69) is 5.32 Å². The van der Waals surface area contributed by atoms with E-state index in [-0.39, 0.29) is 34.3 Å². The van der Waals surface area contributed by atoms with Gasteiger partial charge in [0.25, 0.3) is 15.7 Å². The van der Waals surface area contributed by atoms with Gasteiger partial charge in [0.15, 0.2) is 0 Å². The molecule has 2 amide bonds.